The first-order chi connectivity index (χ1) is 7.34. The summed E-state index contributed by atoms with van der Waals surface area (Å²) in [6, 6.07) is 0.287. The fourth-order valence-electron chi connectivity index (χ4n) is 2.13. The molecule has 1 fully saturated rings. The highest BCUT2D eigenvalue weighted by Crippen LogP contribution is 2.25. The number of hydrogen-bond donors (Lipinski definition) is 1. The summed E-state index contributed by atoms with van der Waals surface area (Å²) in [5.41, 5.74) is 0.150. The maximum atomic E-state index is 12.3. The number of carbonyl (C=O) groups excluding carboxylic acids is 1. The number of nitrogens with zero attached hydrogens (tertiary/aromatic N) is 1. The molecule has 0 spiro atoms. The van der Waals surface area contributed by atoms with Crippen LogP contribution in [0.1, 0.15) is 40.5 Å². The number of piperidine rings is 1. The van der Waals surface area contributed by atoms with Gasteiger partial charge in [-0.25, -0.2) is 0 Å². The maximum absolute atomic E-state index is 12.3. The molecule has 1 atom stereocenters. The summed E-state index contributed by atoms with van der Waals surface area (Å²) in [6.45, 7) is 10.7. The molecule has 1 amide bonds. The first-order valence-electron chi connectivity index (χ1n) is 6.31. The van der Waals surface area contributed by atoms with Crippen molar-refractivity contribution in [3.8, 4) is 0 Å². The van der Waals surface area contributed by atoms with E-state index < -0.39 is 0 Å². The second-order valence-corrected chi connectivity index (χ2v) is 6.02. The zero-order chi connectivity index (χ0) is 12.3. The van der Waals surface area contributed by atoms with Crippen LogP contribution in [0.2, 0.25) is 0 Å². The molecule has 0 aliphatic carbocycles. The lowest BCUT2D eigenvalue weighted by Crippen LogP contribution is -2.47. The van der Waals surface area contributed by atoms with Crippen molar-refractivity contribution >= 4 is 5.91 Å². The molecule has 0 radical (unpaired) electrons. The first kappa shape index (κ1) is 13.5. The Morgan fingerprint density at radius 2 is 1.81 bits per heavy atom. The monoisotopic (exact) mass is 226 g/mol. The number of carbonyl (C=O) groups is 1. The highest BCUT2D eigenvalue weighted by Gasteiger charge is 2.31. The summed E-state index contributed by atoms with van der Waals surface area (Å²) in [6.07, 6.45) is 1.97. The average Bonchev–Trinajstić information content (AvgIpc) is 2.26. The van der Waals surface area contributed by atoms with Gasteiger partial charge < -0.3 is 10.2 Å². The third kappa shape index (κ3) is 3.21. The van der Waals surface area contributed by atoms with Crippen LogP contribution in [0.3, 0.4) is 0 Å². The van der Waals surface area contributed by atoms with Gasteiger partial charge in [0, 0.05) is 19.0 Å². The molecule has 94 valence electrons. The summed E-state index contributed by atoms with van der Waals surface area (Å²) < 4.78 is 0. The van der Waals surface area contributed by atoms with Crippen LogP contribution in [0.15, 0.2) is 0 Å². The van der Waals surface area contributed by atoms with Crippen molar-refractivity contribution < 1.29 is 4.79 Å². The Hall–Kier alpha value is -0.570. The Morgan fingerprint density at radius 1 is 1.31 bits per heavy atom. The molecule has 0 aromatic rings. The van der Waals surface area contributed by atoms with E-state index in [4.69, 9.17) is 0 Å². The van der Waals surface area contributed by atoms with Crippen molar-refractivity contribution in [2.24, 2.45) is 11.3 Å². The molecule has 1 aliphatic heterocycles. The number of hydrogen-bond acceptors (Lipinski definition) is 2. The lowest BCUT2D eigenvalue weighted by molar-refractivity contribution is -0.138. The molecule has 1 saturated heterocycles. The molecule has 0 bridgehead atoms. The summed E-state index contributed by atoms with van der Waals surface area (Å²) >= 11 is 0. The summed E-state index contributed by atoms with van der Waals surface area (Å²) in [5.74, 6) is 0.556. The van der Waals surface area contributed by atoms with Gasteiger partial charge in [0.2, 0.25) is 5.91 Å². The van der Waals surface area contributed by atoms with Crippen molar-refractivity contribution in [1.82, 2.24) is 10.2 Å². The maximum Gasteiger partial charge on any atom is 0.225 e. The van der Waals surface area contributed by atoms with Crippen molar-refractivity contribution in [2.45, 2.75) is 46.6 Å². The lowest BCUT2D eigenvalue weighted by Gasteiger charge is -2.38. The third-order valence-corrected chi connectivity index (χ3v) is 3.87. The van der Waals surface area contributed by atoms with Gasteiger partial charge in [0.15, 0.2) is 0 Å². The minimum atomic E-state index is 0.150. The highest BCUT2D eigenvalue weighted by atomic mass is 16.2. The second-order valence-electron chi connectivity index (χ2n) is 6.02. The SMILES string of the molecule is CC(N(C)C(=O)C1CCNCC1)C(C)(C)C. The van der Waals surface area contributed by atoms with Gasteiger partial charge in [0.1, 0.15) is 0 Å². The number of rotatable bonds is 2. The zero-order valence-electron chi connectivity index (χ0n) is 11.3. The largest absolute Gasteiger partial charge is 0.342 e. The molecular weight excluding hydrogens is 200 g/mol. The fraction of sp³-hybridized carbons (Fsp3) is 0.923. The van der Waals surface area contributed by atoms with Crippen molar-refractivity contribution in [3.05, 3.63) is 0 Å². The predicted molar refractivity (Wildman–Crippen MR) is 67.3 cm³/mol. The normalized spacial score (nSPS) is 20.6. The topological polar surface area (TPSA) is 32.3 Å². The van der Waals surface area contributed by atoms with Gasteiger partial charge in [0.25, 0.3) is 0 Å². The smallest absolute Gasteiger partial charge is 0.225 e. The van der Waals surface area contributed by atoms with Gasteiger partial charge in [0.05, 0.1) is 0 Å². The van der Waals surface area contributed by atoms with Gasteiger partial charge in [-0.05, 0) is 38.3 Å². The summed E-state index contributed by atoms with van der Waals surface area (Å²) in [4.78, 5) is 14.2. The fourth-order valence-corrected chi connectivity index (χ4v) is 2.13. The number of nitrogens with one attached hydrogen (secondary N) is 1. The molecule has 3 heteroatoms. The van der Waals surface area contributed by atoms with Gasteiger partial charge in [-0.15, -0.1) is 0 Å². The second kappa shape index (κ2) is 5.17. The molecule has 0 saturated carbocycles. The van der Waals surface area contributed by atoms with Crippen LogP contribution in [0, 0.1) is 11.3 Å². The molecule has 1 heterocycles. The van der Waals surface area contributed by atoms with Gasteiger partial charge in [-0.1, -0.05) is 20.8 Å². The first-order valence-corrected chi connectivity index (χ1v) is 6.31. The van der Waals surface area contributed by atoms with E-state index in [0.29, 0.717) is 5.91 Å². The minimum absolute atomic E-state index is 0.150. The van der Waals surface area contributed by atoms with Crippen LogP contribution in [0.25, 0.3) is 0 Å². The van der Waals surface area contributed by atoms with E-state index in [1.54, 1.807) is 0 Å². The average molecular weight is 226 g/mol. The van der Waals surface area contributed by atoms with E-state index in [1.807, 2.05) is 11.9 Å². The van der Waals surface area contributed by atoms with Crippen LogP contribution in [0.4, 0.5) is 0 Å². The van der Waals surface area contributed by atoms with Crippen molar-refractivity contribution in [3.63, 3.8) is 0 Å². The Balaban J connectivity index is 2.58. The highest BCUT2D eigenvalue weighted by molar-refractivity contribution is 5.79. The molecule has 0 aromatic carbocycles. The Kier molecular flexibility index (Phi) is 4.36. The molecule has 1 unspecified atom stereocenters. The lowest BCUT2D eigenvalue weighted by atomic mass is 9.86. The predicted octanol–water partition coefficient (Wildman–Crippen LogP) is 1.88. The minimum Gasteiger partial charge on any atom is -0.342 e. The Morgan fingerprint density at radius 3 is 2.25 bits per heavy atom. The van der Waals surface area contributed by atoms with E-state index in [-0.39, 0.29) is 17.4 Å². The summed E-state index contributed by atoms with van der Waals surface area (Å²) in [5, 5.41) is 3.30. The van der Waals surface area contributed by atoms with Crippen molar-refractivity contribution in [2.75, 3.05) is 20.1 Å². The van der Waals surface area contributed by atoms with E-state index in [1.165, 1.54) is 0 Å². The Bertz CT molecular complexity index is 239. The molecule has 3 nitrogen and oxygen atoms in total. The Labute approximate surface area is 99.6 Å². The quantitative estimate of drug-likeness (QED) is 0.779. The van der Waals surface area contributed by atoms with E-state index >= 15 is 0 Å². The van der Waals surface area contributed by atoms with Crippen LogP contribution in [-0.2, 0) is 4.79 Å². The summed E-state index contributed by atoms with van der Waals surface area (Å²) in [7, 11) is 1.94. The van der Waals surface area contributed by atoms with E-state index in [0.717, 1.165) is 25.9 Å². The van der Waals surface area contributed by atoms with Crippen LogP contribution in [-0.4, -0.2) is 37.0 Å². The molecule has 1 rings (SSSR count). The van der Waals surface area contributed by atoms with Crippen LogP contribution in [0.5, 0.6) is 0 Å². The van der Waals surface area contributed by atoms with Crippen molar-refractivity contribution in [1.29, 1.82) is 0 Å². The van der Waals surface area contributed by atoms with Gasteiger partial charge in [-0.3, -0.25) is 4.79 Å². The van der Waals surface area contributed by atoms with Gasteiger partial charge in [-0.2, -0.15) is 0 Å². The van der Waals surface area contributed by atoms with Gasteiger partial charge >= 0.3 is 0 Å². The third-order valence-electron chi connectivity index (χ3n) is 3.87. The molecule has 0 aromatic heterocycles. The standard InChI is InChI=1S/C13H26N2O/c1-10(13(2,3)4)15(5)12(16)11-6-8-14-9-7-11/h10-11,14H,6-9H2,1-5H3. The van der Waals surface area contributed by atoms with Crippen LogP contribution >= 0.6 is 0 Å². The molecule has 1 N–H and O–H groups in total. The molecular formula is C13H26N2O. The van der Waals surface area contributed by atoms with Crippen LogP contribution < -0.4 is 5.32 Å². The zero-order valence-corrected chi connectivity index (χ0v) is 11.3. The molecule has 1 aliphatic rings. The number of amides is 1. The molecule has 16 heavy (non-hydrogen) atoms. The van der Waals surface area contributed by atoms with E-state index in [9.17, 15) is 4.79 Å². The van der Waals surface area contributed by atoms with E-state index in [2.05, 4.69) is 33.0 Å².